The van der Waals surface area contributed by atoms with Gasteiger partial charge in [0.05, 0.1) is 5.60 Å². The Labute approximate surface area is 101 Å². The first-order valence-electron chi connectivity index (χ1n) is 5.03. The first-order chi connectivity index (χ1) is 7.74. The third-order valence-electron chi connectivity index (χ3n) is 1.87. The summed E-state index contributed by atoms with van der Waals surface area (Å²) >= 11 is 0.485. The Kier molecular flexibility index (Phi) is 4.31. The van der Waals surface area contributed by atoms with E-state index < -0.39 is 16.8 Å². The predicted octanol–water partition coefficient (Wildman–Crippen LogP) is 2.78. The highest BCUT2D eigenvalue weighted by Gasteiger charge is 2.35. The number of alkyl halides is 3. The maximum atomic E-state index is 12.3. The molecule has 0 saturated heterocycles. The monoisotopic (exact) mass is 269 g/mol. The van der Waals surface area contributed by atoms with Crippen molar-refractivity contribution >= 4 is 16.5 Å². The quantitative estimate of drug-likeness (QED) is 0.893. The van der Waals surface area contributed by atoms with E-state index in [1.807, 2.05) is 20.8 Å². The zero-order chi connectivity index (χ0) is 13.1. The summed E-state index contributed by atoms with van der Waals surface area (Å²) in [6.07, 6.45) is -4.44. The average molecular weight is 269 g/mol. The van der Waals surface area contributed by atoms with Gasteiger partial charge < -0.3 is 10.1 Å². The van der Waals surface area contributed by atoms with Gasteiger partial charge >= 0.3 is 6.18 Å². The number of hydrogen-bond acceptors (Lipinski definition) is 5. The minimum atomic E-state index is -4.44. The van der Waals surface area contributed by atoms with Crippen LogP contribution in [-0.2, 0) is 10.9 Å². The molecule has 1 aromatic rings. The van der Waals surface area contributed by atoms with Crippen molar-refractivity contribution in [3.05, 3.63) is 5.01 Å². The third kappa shape index (κ3) is 4.47. The SMILES string of the molecule is CCOC(C)(C)CNc1nnc(C(F)(F)F)s1. The summed E-state index contributed by atoms with van der Waals surface area (Å²) in [5.74, 6) is 0. The summed E-state index contributed by atoms with van der Waals surface area (Å²) in [7, 11) is 0. The molecule has 0 aromatic carbocycles. The second-order valence-electron chi connectivity index (χ2n) is 3.96. The number of halogens is 3. The van der Waals surface area contributed by atoms with Gasteiger partial charge in [0.15, 0.2) is 0 Å². The lowest BCUT2D eigenvalue weighted by Crippen LogP contribution is -2.33. The van der Waals surface area contributed by atoms with E-state index in [0.29, 0.717) is 24.5 Å². The summed E-state index contributed by atoms with van der Waals surface area (Å²) in [5, 5.41) is 8.48. The standard InChI is InChI=1S/C9H14F3N3OS/c1-4-16-8(2,3)5-13-7-15-14-6(17-7)9(10,11)12/h4-5H2,1-3H3,(H,13,15). The molecule has 0 saturated carbocycles. The van der Waals surface area contributed by atoms with Gasteiger partial charge in [-0.05, 0) is 20.8 Å². The van der Waals surface area contributed by atoms with Crippen molar-refractivity contribution in [2.45, 2.75) is 32.5 Å². The van der Waals surface area contributed by atoms with Gasteiger partial charge in [-0.3, -0.25) is 0 Å². The molecule has 1 heterocycles. The molecule has 98 valence electrons. The summed E-state index contributed by atoms with van der Waals surface area (Å²) < 4.78 is 42.2. The first kappa shape index (κ1) is 14.2. The van der Waals surface area contributed by atoms with Crippen LogP contribution in [-0.4, -0.2) is 29.0 Å². The predicted molar refractivity (Wildman–Crippen MR) is 59.1 cm³/mol. The summed E-state index contributed by atoms with van der Waals surface area (Å²) in [5.41, 5.74) is -0.460. The largest absolute Gasteiger partial charge is 0.445 e. The number of rotatable bonds is 5. The van der Waals surface area contributed by atoms with Crippen LogP contribution in [0.4, 0.5) is 18.3 Å². The van der Waals surface area contributed by atoms with Crippen LogP contribution in [0.1, 0.15) is 25.8 Å². The fraction of sp³-hybridized carbons (Fsp3) is 0.778. The highest BCUT2D eigenvalue weighted by atomic mass is 32.1. The van der Waals surface area contributed by atoms with Gasteiger partial charge in [-0.15, -0.1) is 10.2 Å². The van der Waals surface area contributed by atoms with Crippen LogP contribution in [0.25, 0.3) is 0 Å². The van der Waals surface area contributed by atoms with Gasteiger partial charge in [-0.1, -0.05) is 11.3 Å². The van der Waals surface area contributed by atoms with Gasteiger partial charge in [0.1, 0.15) is 0 Å². The van der Waals surface area contributed by atoms with E-state index in [1.54, 1.807) is 0 Å². The summed E-state index contributed by atoms with van der Waals surface area (Å²) in [6.45, 7) is 6.45. The summed E-state index contributed by atoms with van der Waals surface area (Å²) in [4.78, 5) is 0. The number of nitrogens with zero attached hydrogens (tertiary/aromatic N) is 2. The molecule has 8 heteroatoms. The Balaban J connectivity index is 2.56. The normalized spacial score (nSPS) is 12.8. The Bertz CT molecular complexity index is 365. The molecule has 1 aromatic heterocycles. The van der Waals surface area contributed by atoms with Gasteiger partial charge in [0.2, 0.25) is 10.1 Å². The van der Waals surface area contributed by atoms with Crippen molar-refractivity contribution in [1.82, 2.24) is 10.2 Å². The minimum absolute atomic E-state index is 0.144. The highest BCUT2D eigenvalue weighted by molar-refractivity contribution is 7.15. The Morgan fingerprint density at radius 2 is 1.94 bits per heavy atom. The lowest BCUT2D eigenvalue weighted by Gasteiger charge is -2.24. The zero-order valence-electron chi connectivity index (χ0n) is 9.76. The second kappa shape index (κ2) is 5.18. The second-order valence-corrected chi connectivity index (χ2v) is 4.93. The van der Waals surface area contributed by atoms with Gasteiger partial charge in [0.25, 0.3) is 0 Å². The molecule has 0 aliphatic heterocycles. The van der Waals surface area contributed by atoms with Crippen LogP contribution >= 0.6 is 11.3 Å². The van der Waals surface area contributed by atoms with Crippen molar-refractivity contribution in [1.29, 1.82) is 0 Å². The topological polar surface area (TPSA) is 47.0 Å². The van der Waals surface area contributed by atoms with Crippen LogP contribution < -0.4 is 5.32 Å². The van der Waals surface area contributed by atoms with E-state index in [4.69, 9.17) is 4.74 Å². The minimum Gasteiger partial charge on any atom is -0.374 e. The van der Waals surface area contributed by atoms with E-state index in [-0.39, 0.29) is 5.13 Å². The highest BCUT2D eigenvalue weighted by Crippen LogP contribution is 2.33. The van der Waals surface area contributed by atoms with E-state index in [0.717, 1.165) is 0 Å². The van der Waals surface area contributed by atoms with Crippen molar-refractivity contribution < 1.29 is 17.9 Å². The van der Waals surface area contributed by atoms with E-state index in [1.165, 1.54) is 0 Å². The lowest BCUT2D eigenvalue weighted by atomic mass is 10.1. The number of aromatic nitrogens is 2. The van der Waals surface area contributed by atoms with Crippen molar-refractivity contribution in [2.24, 2.45) is 0 Å². The molecule has 1 N–H and O–H groups in total. The van der Waals surface area contributed by atoms with Crippen molar-refractivity contribution in [2.75, 3.05) is 18.5 Å². The van der Waals surface area contributed by atoms with Crippen LogP contribution in [0.15, 0.2) is 0 Å². The molecule has 0 fully saturated rings. The molecule has 4 nitrogen and oxygen atoms in total. The van der Waals surface area contributed by atoms with E-state index in [9.17, 15) is 13.2 Å². The Morgan fingerprint density at radius 3 is 2.41 bits per heavy atom. The van der Waals surface area contributed by atoms with Crippen LogP contribution in [0.2, 0.25) is 0 Å². The average Bonchev–Trinajstić information content (AvgIpc) is 2.62. The van der Waals surface area contributed by atoms with Crippen LogP contribution in [0.3, 0.4) is 0 Å². The molecule has 0 aliphatic rings. The fourth-order valence-electron chi connectivity index (χ4n) is 1.14. The number of hydrogen-bond donors (Lipinski definition) is 1. The number of ether oxygens (including phenoxy) is 1. The van der Waals surface area contributed by atoms with Gasteiger partial charge in [-0.25, -0.2) is 0 Å². The third-order valence-corrected chi connectivity index (χ3v) is 2.79. The molecule has 0 radical (unpaired) electrons. The Morgan fingerprint density at radius 1 is 1.29 bits per heavy atom. The van der Waals surface area contributed by atoms with Crippen LogP contribution in [0, 0.1) is 0 Å². The summed E-state index contributed by atoms with van der Waals surface area (Å²) in [6, 6.07) is 0. The van der Waals surface area contributed by atoms with Gasteiger partial charge in [0, 0.05) is 13.2 Å². The number of anilines is 1. The first-order valence-corrected chi connectivity index (χ1v) is 5.85. The van der Waals surface area contributed by atoms with Crippen molar-refractivity contribution in [3.63, 3.8) is 0 Å². The molecule has 0 spiro atoms. The molecule has 1 rings (SSSR count). The molecule has 0 amide bonds. The maximum Gasteiger partial charge on any atom is 0.445 e. The molecule has 0 atom stereocenters. The molecular formula is C9H14F3N3OS. The van der Waals surface area contributed by atoms with E-state index in [2.05, 4.69) is 15.5 Å². The number of nitrogens with one attached hydrogen (secondary N) is 1. The molecule has 0 bridgehead atoms. The fourth-order valence-corrected chi connectivity index (χ4v) is 1.75. The lowest BCUT2D eigenvalue weighted by molar-refractivity contribution is -0.138. The van der Waals surface area contributed by atoms with Crippen LogP contribution in [0.5, 0.6) is 0 Å². The van der Waals surface area contributed by atoms with Crippen molar-refractivity contribution in [3.8, 4) is 0 Å². The maximum absolute atomic E-state index is 12.3. The smallest absolute Gasteiger partial charge is 0.374 e. The molecule has 0 aliphatic carbocycles. The molecule has 17 heavy (non-hydrogen) atoms. The van der Waals surface area contributed by atoms with E-state index >= 15 is 0 Å². The molecular weight excluding hydrogens is 255 g/mol. The zero-order valence-corrected chi connectivity index (χ0v) is 10.6. The Hall–Kier alpha value is -0.890. The molecule has 0 unspecified atom stereocenters. The van der Waals surface area contributed by atoms with Gasteiger partial charge in [-0.2, -0.15) is 13.2 Å².